The van der Waals surface area contributed by atoms with Crippen molar-refractivity contribution in [3.8, 4) is 17.2 Å². The van der Waals surface area contributed by atoms with Gasteiger partial charge in [-0.15, -0.1) is 18.3 Å². The molecule has 1 aliphatic heterocycles. The Kier molecular flexibility index (Phi) is 9.55. The van der Waals surface area contributed by atoms with Crippen LogP contribution in [-0.2, 0) is 4.79 Å². The van der Waals surface area contributed by atoms with Crippen molar-refractivity contribution in [3.63, 3.8) is 0 Å². The fourth-order valence-electron chi connectivity index (χ4n) is 4.13. The lowest BCUT2D eigenvalue weighted by molar-refractivity contribution is -0.274. The molecule has 244 valence electrons. The van der Waals surface area contributed by atoms with Crippen LogP contribution in [0.4, 0.5) is 42.5 Å². The van der Waals surface area contributed by atoms with Gasteiger partial charge in [-0.25, -0.2) is 14.5 Å². The van der Waals surface area contributed by atoms with Gasteiger partial charge in [-0.05, 0) is 72.7 Å². The minimum atomic E-state index is -4.79. The van der Waals surface area contributed by atoms with Gasteiger partial charge in [0.05, 0.1) is 17.1 Å². The molecule has 1 fully saturated rings. The monoisotopic (exact) mass is 676 g/mol. The Morgan fingerprint density at radius 2 is 1.74 bits per heavy atom. The van der Waals surface area contributed by atoms with E-state index >= 15 is 0 Å². The molecule has 0 unspecified atom stereocenters. The number of thioether (sulfide) groups is 1. The fourth-order valence-corrected chi connectivity index (χ4v) is 4.99. The zero-order valence-electron chi connectivity index (χ0n) is 24.0. The number of carbonyl (C=O) groups is 2. The molecule has 0 bridgehead atoms. The maximum absolute atomic E-state index is 12.8. The number of amides is 3. The normalized spacial score (nSPS) is 14.7. The standard InChI is InChI=1S/C30H22F6N6O4S/c1-18-2-12-24(45-16-29(31,32)33)23(14-18)42-26(43)15-47-28(42)39-27(44)38-20-6-3-19(4-7-20)5-13-25-37-17-41(40-25)21-8-10-22(11-9-21)46-30(34,35)36/h2-14,17H,15-16H2,1H3,(H,38,44)/b13-5+,39-28?. The number of hydrogen-bond acceptors (Lipinski definition) is 7. The van der Waals surface area contributed by atoms with Crippen LogP contribution >= 0.6 is 11.8 Å². The molecule has 1 aliphatic rings. The number of nitrogens with one attached hydrogen (secondary N) is 1. The number of aliphatic imine (C=N–C) groups is 1. The summed E-state index contributed by atoms with van der Waals surface area (Å²) < 4.78 is 85.6. The molecule has 1 N–H and O–H groups in total. The van der Waals surface area contributed by atoms with Gasteiger partial charge in [0.2, 0.25) is 5.91 Å². The molecule has 3 aromatic carbocycles. The minimum absolute atomic E-state index is 0.0213. The summed E-state index contributed by atoms with van der Waals surface area (Å²) in [5.41, 5.74) is 2.25. The summed E-state index contributed by atoms with van der Waals surface area (Å²) in [5, 5.41) is 6.83. The average Bonchev–Trinajstić information content (AvgIpc) is 3.61. The van der Waals surface area contributed by atoms with E-state index in [1.54, 1.807) is 43.3 Å². The lowest BCUT2D eigenvalue weighted by Gasteiger charge is -2.21. The number of benzene rings is 3. The number of urea groups is 1. The van der Waals surface area contributed by atoms with Gasteiger partial charge >= 0.3 is 18.6 Å². The van der Waals surface area contributed by atoms with Gasteiger partial charge in [0.25, 0.3) is 0 Å². The van der Waals surface area contributed by atoms with Crippen LogP contribution in [0.25, 0.3) is 17.8 Å². The van der Waals surface area contributed by atoms with E-state index in [1.165, 1.54) is 41.3 Å². The number of alkyl halides is 6. The maximum atomic E-state index is 12.8. The lowest BCUT2D eigenvalue weighted by atomic mass is 10.2. The van der Waals surface area contributed by atoms with Crippen LogP contribution in [0.3, 0.4) is 0 Å². The zero-order chi connectivity index (χ0) is 33.8. The first-order chi connectivity index (χ1) is 22.2. The topological polar surface area (TPSA) is 111 Å². The maximum Gasteiger partial charge on any atom is 0.573 e. The van der Waals surface area contributed by atoms with Crippen molar-refractivity contribution in [2.75, 3.05) is 22.6 Å². The molecule has 1 aromatic heterocycles. The Morgan fingerprint density at radius 3 is 2.43 bits per heavy atom. The van der Waals surface area contributed by atoms with Crippen molar-refractivity contribution >= 4 is 52.4 Å². The molecule has 4 aromatic rings. The summed E-state index contributed by atoms with van der Waals surface area (Å²) in [6.45, 7) is 0.136. The van der Waals surface area contributed by atoms with Gasteiger partial charge in [0.1, 0.15) is 17.8 Å². The molecule has 0 saturated carbocycles. The summed E-state index contributed by atoms with van der Waals surface area (Å²) in [4.78, 5) is 34.6. The highest BCUT2D eigenvalue weighted by Gasteiger charge is 2.34. The SMILES string of the molecule is Cc1ccc(OCC(F)(F)F)c(N2C(=O)CSC2=NC(=O)Nc2ccc(/C=C/c3ncn(-c4ccc(OC(F)(F)F)cc4)n3)cc2)c1. The number of halogens is 6. The number of aryl methyl sites for hydroxylation is 1. The van der Waals surface area contributed by atoms with E-state index in [9.17, 15) is 35.9 Å². The van der Waals surface area contributed by atoms with Crippen LogP contribution in [0, 0.1) is 6.92 Å². The Balaban J connectivity index is 1.22. The largest absolute Gasteiger partial charge is 0.573 e. The molecule has 5 rings (SSSR count). The van der Waals surface area contributed by atoms with E-state index in [4.69, 9.17) is 4.74 Å². The van der Waals surface area contributed by atoms with Crippen LogP contribution in [0.2, 0.25) is 0 Å². The summed E-state index contributed by atoms with van der Waals surface area (Å²) in [6, 6.07) is 15.2. The summed E-state index contributed by atoms with van der Waals surface area (Å²) in [6.07, 6.45) is -4.68. The van der Waals surface area contributed by atoms with Crippen LogP contribution in [0.1, 0.15) is 17.0 Å². The third-order valence-corrected chi connectivity index (χ3v) is 7.06. The van der Waals surface area contributed by atoms with E-state index < -0.39 is 31.1 Å². The molecule has 10 nitrogen and oxygen atoms in total. The van der Waals surface area contributed by atoms with E-state index in [0.29, 0.717) is 28.3 Å². The first kappa shape index (κ1) is 33.1. The second-order valence-corrected chi connectivity index (χ2v) is 10.7. The second-order valence-electron chi connectivity index (χ2n) is 9.76. The molecule has 47 heavy (non-hydrogen) atoms. The summed E-state index contributed by atoms with van der Waals surface area (Å²) in [7, 11) is 0. The highest BCUT2D eigenvalue weighted by atomic mass is 32.2. The van der Waals surface area contributed by atoms with Crippen molar-refractivity contribution in [3.05, 3.63) is 90.0 Å². The molecular weight excluding hydrogens is 654 g/mol. The van der Waals surface area contributed by atoms with Gasteiger partial charge in [-0.2, -0.15) is 18.2 Å². The highest BCUT2D eigenvalue weighted by molar-refractivity contribution is 8.15. The molecule has 0 aliphatic carbocycles. The van der Waals surface area contributed by atoms with Crippen molar-refractivity contribution in [1.82, 2.24) is 14.8 Å². The minimum Gasteiger partial charge on any atom is -0.482 e. The number of carbonyl (C=O) groups excluding carboxylic acids is 2. The van der Waals surface area contributed by atoms with Gasteiger partial charge < -0.3 is 14.8 Å². The van der Waals surface area contributed by atoms with Crippen molar-refractivity contribution in [2.24, 2.45) is 4.99 Å². The summed E-state index contributed by atoms with van der Waals surface area (Å²) in [5.74, 6) is -0.778. The van der Waals surface area contributed by atoms with Gasteiger partial charge in [0, 0.05) is 5.69 Å². The molecule has 1 saturated heterocycles. The molecule has 3 amide bonds. The zero-order valence-corrected chi connectivity index (χ0v) is 24.9. The van der Waals surface area contributed by atoms with E-state index in [1.807, 2.05) is 0 Å². The molecule has 0 spiro atoms. The van der Waals surface area contributed by atoms with Gasteiger partial charge in [-0.3, -0.25) is 9.69 Å². The third-order valence-electron chi connectivity index (χ3n) is 6.14. The average molecular weight is 677 g/mol. The van der Waals surface area contributed by atoms with Gasteiger partial charge in [0.15, 0.2) is 17.6 Å². The molecule has 17 heteroatoms. The number of amidine groups is 1. The number of anilines is 2. The van der Waals surface area contributed by atoms with Crippen LogP contribution in [0.5, 0.6) is 11.5 Å². The lowest BCUT2D eigenvalue weighted by Crippen LogP contribution is -2.31. The van der Waals surface area contributed by atoms with E-state index in [-0.39, 0.29) is 28.1 Å². The fraction of sp³-hybridized carbons (Fsp3) is 0.167. The van der Waals surface area contributed by atoms with Crippen molar-refractivity contribution < 1.29 is 45.4 Å². The number of aromatic nitrogens is 3. The smallest absolute Gasteiger partial charge is 0.482 e. The van der Waals surface area contributed by atoms with E-state index in [0.717, 1.165) is 28.8 Å². The first-order valence-electron chi connectivity index (χ1n) is 13.4. The number of ether oxygens (including phenoxy) is 2. The number of rotatable bonds is 8. The third kappa shape index (κ3) is 9.12. The predicted octanol–water partition coefficient (Wildman–Crippen LogP) is 7.25. The Labute approximate surface area is 266 Å². The Hall–Kier alpha value is -5.32. The number of hydrogen-bond donors (Lipinski definition) is 1. The molecular formula is C30H22F6N6O4S. The van der Waals surface area contributed by atoms with Crippen LogP contribution < -0.4 is 19.7 Å². The van der Waals surface area contributed by atoms with Crippen LogP contribution in [0.15, 0.2) is 78.0 Å². The predicted molar refractivity (Wildman–Crippen MR) is 163 cm³/mol. The Bertz CT molecular complexity index is 1820. The molecule has 0 radical (unpaired) electrons. The van der Waals surface area contributed by atoms with Crippen LogP contribution in [-0.4, -0.2) is 56.8 Å². The second kappa shape index (κ2) is 13.6. The quantitative estimate of drug-likeness (QED) is 0.196. The number of nitrogens with zero attached hydrogens (tertiary/aromatic N) is 5. The molecule has 2 heterocycles. The van der Waals surface area contributed by atoms with Crippen molar-refractivity contribution in [1.29, 1.82) is 0 Å². The summed E-state index contributed by atoms with van der Waals surface area (Å²) >= 11 is 0.959. The van der Waals surface area contributed by atoms with E-state index in [2.05, 4.69) is 25.1 Å². The molecule has 0 atom stereocenters. The first-order valence-corrected chi connectivity index (χ1v) is 14.4. The highest BCUT2D eigenvalue weighted by Crippen LogP contribution is 2.36. The Morgan fingerprint density at radius 1 is 1.02 bits per heavy atom. The van der Waals surface area contributed by atoms with Gasteiger partial charge in [-0.1, -0.05) is 36.0 Å². The van der Waals surface area contributed by atoms with Crippen molar-refractivity contribution in [2.45, 2.75) is 19.5 Å².